The number of piperazine rings is 2. The van der Waals surface area contributed by atoms with Crippen LogP contribution in [0, 0.1) is 5.92 Å². The summed E-state index contributed by atoms with van der Waals surface area (Å²) in [5.74, 6) is 0.189. The third-order valence-corrected chi connectivity index (χ3v) is 4.40. The van der Waals surface area contributed by atoms with E-state index in [4.69, 9.17) is 4.74 Å². The van der Waals surface area contributed by atoms with Gasteiger partial charge >= 0.3 is 6.09 Å². The van der Waals surface area contributed by atoms with Crippen molar-refractivity contribution >= 4 is 17.9 Å². The lowest BCUT2D eigenvalue weighted by Gasteiger charge is -2.45. The second-order valence-corrected chi connectivity index (χ2v) is 6.40. The van der Waals surface area contributed by atoms with Crippen LogP contribution in [0.1, 0.15) is 13.8 Å². The minimum atomic E-state index is -0.649. The summed E-state index contributed by atoms with van der Waals surface area (Å²) in [6.45, 7) is 4.64. The number of carbonyl (C=O) groups is 3. The predicted molar refractivity (Wildman–Crippen MR) is 86.3 cm³/mol. The number of hydrogen-bond donors (Lipinski definition) is 1. The largest absolute Gasteiger partial charge is 0.415 e. The summed E-state index contributed by atoms with van der Waals surface area (Å²) in [5, 5.41) is 2.77. The zero-order valence-corrected chi connectivity index (χ0v) is 13.8. The maximum atomic E-state index is 12.5. The highest BCUT2D eigenvalue weighted by Gasteiger charge is 2.45. The van der Waals surface area contributed by atoms with Crippen molar-refractivity contribution in [3.8, 4) is 5.75 Å². The van der Waals surface area contributed by atoms with Crippen LogP contribution >= 0.6 is 0 Å². The number of para-hydroxylation sites is 1. The standard InChI is InChI=1S/C17H21N3O4/c1-11(2)14-16(22)20-9-8-19(10-13(20)15(21)18-14)17(23)24-12-6-4-3-5-7-12/h3-7,11,13-14H,8-10H2,1-2H3,(H,18,21)/t13-,14-/m1/s1. The van der Waals surface area contributed by atoms with Gasteiger partial charge in [0.05, 0.1) is 6.54 Å². The van der Waals surface area contributed by atoms with Crippen LogP contribution in [0.2, 0.25) is 0 Å². The number of amides is 3. The molecule has 0 spiro atoms. The topological polar surface area (TPSA) is 79.0 Å². The molecule has 2 saturated heterocycles. The van der Waals surface area contributed by atoms with Gasteiger partial charge in [-0.25, -0.2) is 4.79 Å². The molecule has 0 saturated carbocycles. The van der Waals surface area contributed by atoms with Crippen LogP contribution in [0.15, 0.2) is 30.3 Å². The Bertz CT molecular complexity index is 646. The zero-order chi connectivity index (χ0) is 17.3. The number of nitrogens with zero attached hydrogens (tertiary/aromatic N) is 2. The Balaban J connectivity index is 1.67. The Hall–Kier alpha value is -2.57. The molecule has 2 aliphatic rings. The summed E-state index contributed by atoms with van der Waals surface area (Å²) in [6.07, 6.45) is -0.507. The number of hydrogen-bond acceptors (Lipinski definition) is 4. The molecule has 0 bridgehead atoms. The number of nitrogens with one attached hydrogen (secondary N) is 1. The van der Waals surface area contributed by atoms with E-state index in [9.17, 15) is 14.4 Å². The number of rotatable bonds is 2. The van der Waals surface area contributed by atoms with Crippen LogP contribution in [-0.4, -0.2) is 59.4 Å². The zero-order valence-electron chi connectivity index (χ0n) is 13.8. The van der Waals surface area contributed by atoms with Gasteiger partial charge in [0.2, 0.25) is 11.8 Å². The van der Waals surface area contributed by atoms with E-state index in [1.807, 2.05) is 19.9 Å². The van der Waals surface area contributed by atoms with E-state index >= 15 is 0 Å². The molecule has 2 aliphatic heterocycles. The number of ether oxygens (including phenoxy) is 1. The molecule has 1 N–H and O–H groups in total. The second kappa shape index (κ2) is 6.51. The molecule has 0 aliphatic carbocycles. The van der Waals surface area contributed by atoms with Crippen molar-refractivity contribution in [1.29, 1.82) is 0 Å². The first-order valence-corrected chi connectivity index (χ1v) is 8.10. The molecule has 1 aromatic rings. The van der Waals surface area contributed by atoms with Crippen molar-refractivity contribution in [1.82, 2.24) is 15.1 Å². The molecular weight excluding hydrogens is 310 g/mol. The van der Waals surface area contributed by atoms with Gasteiger partial charge in [-0.05, 0) is 18.1 Å². The summed E-state index contributed by atoms with van der Waals surface area (Å²) in [4.78, 5) is 40.1. The second-order valence-electron chi connectivity index (χ2n) is 6.40. The Kier molecular flexibility index (Phi) is 4.42. The van der Waals surface area contributed by atoms with Crippen molar-refractivity contribution in [2.45, 2.75) is 25.9 Å². The van der Waals surface area contributed by atoms with Gasteiger partial charge in [0.25, 0.3) is 0 Å². The lowest BCUT2D eigenvalue weighted by Crippen LogP contribution is -2.70. The number of carbonyl (C=O) groups excluding carboxylic acids is 3. The van der Waals surface area contributed by atoms with Crippen LogP contribution in [0.3, 0.4) is 0 Å². The van der Waals surface area contributed by atoms with Crippen molar-refractivity contribution in [3.63, 3.8) is 0 Å². The molecule has 3 amide bonds. The Morgan fingerprint density at radius 1 is 1.21 bits per heavy atom. The molecule has 7 nitrogen and oxygen atoms in total. The van der Waals surface area contributed by atoms with E-state index in [2.05, 4.69) is 5.32 Å². The lowest BCUT2D eigenvalue weighted by molar-refractivity contribution is -0.153. The van der Waals surface area contributed by atoms with Crippen molar-refractivity contribution in [2.24, 2.45) is 5.92 Å². The highest BCUT2D eigenvalue weighted by atomic mass is 16.6. The minimum absolute atomic E-state index is 0.0310. The van der Waals surface area contributed by atoms with Gasteiger partial charge in [-0.15, -0.1) is 0 Å². The molecule has 3 rings (SSSR count). The van der Waals surface area contributed by atoms with Gasteiger partial charge in [0.1, 0.15) is 17.8 Å². The molecule has 2 atom stereocenters. The average Bonchev–Trinajstić information content (AvgIpc) is 2.58. The van der Waals surface area contributed by atoms with Crippen LogP contribution in [0.25, 0.3) is 0 Å². The van der Waals surface area contributed by atoms with Gasteiger partial charge in [-0.2, -0.15) is 0 Å². The summed E-state index contributed by atoms with van der Waals surface area (Å²) < 4.78 is 5.31. The van der Waals surface area contributed by atoms with Crippen LogP contribution in [0.5, 0.6) is 5.75 Å². The quantitative estimate of drug-likeness (QED) is 0.871. The summed E-state index contributed by atoms with van der Waals surface area (Å²) in [7, 11) is 0. The predicted octanol–water partition coefficient (Wildman–Crippen LogP) is 0.853. The SMILES string of the molecule is CC(C)[C@H]1NC(=O)[C@H]2CN(C(=O)Oc3ccccc3)CCN2C1=O. The van der Waals surface area contributed by atoms with Crippen LogP contribution in [0.4, 0.5) is 4.79 Å². The average molecular weight is 331 g/mol. The summed E-state index contributed by atoms with van der Waals surface area (Å²) in [6, 6.07) is 7.64. The monoisotopic (exact) mass is 331 g/mol. The first kappa shape index (κ1) is 16.3. The fraction of sp³-hybridized carbons (Fsp3) is 0.471. The van der Waals surface area contributed by atoms with E-state index in [0.717, 1.165) is 0 Å². The molecule has 2 fully saturated rings. The molecule has 128 valence electrons. The van der Waals surface area contributed by atoms with E-state index in [-0.39, 0.29) is 24.3 Å². The van der Waals surface area contributed by atoms with Crippen LogP contribution in [-0.2, 0) is 9.59 Å². The Morgan fingerprint density at radius 2 is 1.92 bits per heavy atom. The fourth-order valence-electron chi connectivity index (χ4n) is 3.03. The molecule has 24 heavy (non-hydrogen) atoms. The van der Waals surface area contributed by atoms with E-state index in [1.54, 1.807) is 29.2 Å². The smallest absolute Gasteiger partial charge is 0.410 e. The van der Waals surface area contributed by atoms with E-state index < -0.39 is 18.2 Å². The number of benzene rings is 1. The molecule has 2 heterocycles. The highest BCUT2D eigenvalue weighted by Crippen LogP contribution is 2.20. The fourth-order valence-corrected chi connectivity index (χ4v) is 3.03. The molecule has 0 unspecified atom stereocenters. The number of fused-ring (bicyclic) bond motifs is 1. The summed E-state index contributed by atoms with van der Waals surface area (Å²) >= 11 is 0. The third kappa shape index (κ3) is 3.06. The molecule has 0 aromatic heterocycles. The lowest BCUT2D eigenvalue weighted by atomic mass is 9.96. The van der Waals surface area contributed by atoms with Crippen molar-refractivity contribution < 1.29 is 19.1 Å². The highest BCUT2D eigenvalue weighted by molar-refractivity contribution is 5.97. The summed E-state index contributed by atoms with van der Waals surface area (Å²) in [5.41, 5.74) is 0. The third-order valence-electron chi connectivity index (χ3n) is 4.40. The van der Waals surface area contributed by atoms with Crippen LogP contribution < -0.4 is 10.1 Å². The first-order valence-electron chi connectivity index (χ1n) is 8.10. The Morgan fingerprint density at radius 3 is 2.58 bits per heavy atom. The van der Waals surface area contributed by atoms with Gasteiger partial charge in [-0.3, -0.25) is 9.59 Å². The van der Waals surface area contributed by atoms with E-state index in [1.165, 1.54) is 4.90 Å². The van der Waals surface area contributed by atoms with Crippen molar-refractivity contribution in [2.75, 3.05) is 19.6 Å². The molecule has 0 radical (unpaired) electrons. The minimum Gasteiger partial charge on any atom is -0.410 e. The maximum absolute atomic E-state index is 12.5. The van der Waals surface area contributed by atoms with Crippen molar-refractivity contribution in [3.05, 3.63) is 30.3 Å². The Labute approximate surface area is 140 Å². The van der Waals surface area contributed by atoms with E-state index in [0.29, 0.717) is 18.8 Å². The normalized spacial score (nSPS) is 23.8. The maximum Gasteiger partial charge on any atom is 0.415 e. The van der Waals surface area contributed by atoms with Gasteiger partial charge in [0, 0.05) is 13.1 Å². The molecule has 7 heteroatoms. The van der Waals surface area contributed by atoms with Gasteiger partial charge in [0.15, 0.2) is 0 Å². The molecular formula is C17H21N3O4. The molecule has 1 aromatic carbocycles. The van der Waals surface area contributed by atoms with Gasteiger partial charge < -0.3 is 19.9 Å². The van der Waals surface area contributed by atoms with Gasteiger partial charge in [-0.1, -0.05) is 32.0 Å². The first-order chi connectivity index (χ1) is 11.5.